The molecule has 0 radical (unpaired) electrons. The number of hydrogen-bond donors (Lipinski definition) is 1. The summed E-state index contributed by atoms with van der Waals surface area (Å²) in [5.74, 6) is 0. The number of ether oxygens (including phenoxy) is 1. The fourth-order valence-corrected chi connectivity index (χ4v) is 3.07. The molecule has 0 heterocycles. The van der Waals surface area contributed by atoms with Gasteiger partial charge in [-0.3, -0.25) is 13.6 Å². The first kappa shape index (κ1) is 22.0. The zero-order valence-corrected chi connectivity index (χ0v) is 15.2. The van der Waals surface area contributed by atoms with Crippen LogP contribution in [0.4, 0.5) is 0 Å². The standard InChI is InChI=1S/C15H33O6P/c1-4-7-8-9-10-11-12-18-13-15(16)14-21-22(17,19-5-2)20-6-3/h15-16H,4-14H2,1-3H3. The van der Waals surface area contributed by atoms with Gasteiger partial charge in [0.05, 0.1) is 26.4 Å². The zero-order chi connectivity index (χ0) is 16.7. The van der Waals surface area contributed by atoms with E-state index >= 15 is 0 Å². The molecule has 0 aliphatic carbocycles. The summed E-state index contributed by atoms with van der Waals surface area (Å²) in [6.07, 6.45) is 6.34. The van der Waals surface area contributed by atoms with E-state index in [0.717, 1.165) is 12.8 Å². The van der Waals surface area contributed by atoms with Crippen LogP contribution >= 0.6 is 7.82 Å². The van der Waals surface area contributed by atoms with Crippen molar-refractivity contribution in [3.8, 4) is 0 Å². The van der Waals surface area contributed by atoms with Crippen LogP contribution in [0.2, 0.25) is 0 Å². The lowest BCUT2D eigenvalue weighted by atomic mass is 10.1. The van der Waals surface area contributed by atoms with Crippen LogP contribution in [0.5, 0.6) is 0 Å². The Bertz CT molecular complexity index is 277. The van der Waals surface area contributed by atoms with Crippen molar-refractivity contribution in [2.24, 2.45) is 0 Å². The van der Waals surface area contributed by atoms with E-state index in [1.165, 1.54) is 25.7 Å². The number of phosphoric acid groups is 1. The molecule has 0 spiro atoms. The van der Waals surface area contributed by atoms with Gasteiger partial charge in [0.15, 0.2) is 0 Å². The van der Waals surface area contributed by atoms with Gasteiger partial charge in [-0.2, -0.15) is 0 Å². The van der Waals surface area contributed by atoms with Crippen molar-refractivity contribution in [2.75, 3.05) is 33.0 Å². The first-order chi connectivity index (χ1) is 10.6. The average molecular weight is 340 g/mol. The third-order valence-electron chi connectivity index (χ3n) is 2.95. The Morgan fingerprint density at radius 3 is 2.05 bits per heavy atom. The van der Waals surface area contributed by atoms with Crippen LogP contribution in [-0.4, -0.2) is 44.2 Å². The van der Waals surface area contributed by atoms with Gasteiger partial charge in [0.25, 0.3) is 0 Å². The van der Waals surface area contributed by atoms with Crippen molar-refractivity contribution >= 4 is 7.82 Å². The molecule has 0 aliphatic rings. The highest BCUT2D eigenvalue weighted by molar-refractivity contribution is 7.48. The van der Waals surface area contributed by atoms with E-state index in [0.29, 0.717) is 6.61 Å². The minimum absolute atomic E-state index is 0.131. The van der Waals surface area contributed by atoms with E-state index in [1.54, 1.807) is 13.8 Å². The normalized spacial score (nSPS) is 13.5. The topological polar surface area (TPSA) is 74.2 Å². The SMILES string of the molecule is CCCCCCCCOCC(O)COP(=O)(OCC)OCC. The maximum absolute atomic E-state index is 12.0. The van der Waals surface area contributed by atoms with Gasteiger partial charge >= 0.3 is 7.82 Å². The second kappa shape index (κ2) is 14.6. The lowest BCUT2D eigenvalue weighted by Gasteiger charge is -2.18. The van der Waals surface area contributed by atoms with Gasteiger partial charge in [-0.05, 0) is 20.3 Å². The van der Waals surface area contributed by atoms with Gasteiger partial charge < -0.3 is 9.84 Å². The summed E-state index contributed by atoms with van der Waals surface area (Å²) in [4.78, 5) is 0. The molecule has 22 heavy (non-hydrogen) atoms. The van der Waals surface area contributed by atoms with Gasteiger partial charge in [-0.1, -0.05) is 39.0 Å². The number of hydrogen-bond acceptors (Lipinski definition) is 6. The Morgan fingerprint density at radius 1 is 0.864 bits per heavy atom. The predicted molar refractivity (Wildman–Crippen MR) is 87.0 cm³/mol. The molecule has 0 fully saturated rings. The van der Waals surface area contributed by atoms with Crippen LogP contribution in [0, 0.1) is 0 Å². The lowest BCUT2D eigenvalue weighted by molar-refractivity contribution is -0.000493. The monoisotopic (exact) mass is 340 g/mol. The minimum atomic E-state index is -3.55. The first-order valence-electron chi connectivity index (χ1n) is 8.37. The molecule has 0 saturated heterocycles. The lowest BCUT2D eigenvalue weighted by Crippen LogP contribution is -2.22. The minimum Gasteiger partial charge on any atom is -0.388 e. The quantitative estimate of drug-likeness (QED) is 0.339. The molecular formula is C15H33O6P. The molecule has 0 aliphatic heterocycles. The van der Waals surface area contributed by atoms with Gasteiger partial charge in [0.2, 0.25) is 0 Å². The fourth-order valence-electron chi connectivity index (χ4n) is 1.86. The fraction of sp³-hybridized carbons (Fsp3) is 1.00. The summed E-state index contributed by atoms with van der Waals surface area (Å²) in [7, 11) is -3.55. The van der Waals surface area contributed by atoms with Crippen molar-refractivity contribution in [2.45, 2.75) is 65.4 Å². The summed E-state index contributed by atoms with van der Waals surface area (Å²) < 4.78 is 32.4. The smallest absolute Gasteiger partial charge is 0.388 e. The molecule has 0 aromatic heterocycles. The first-order valence-corrected chi connectivity index (χ1v) is 9.83. The highest BCUT2D eigenvalue weighted by Crippen LogP contribution is 2.49. The van der Waals surface area contributed by atoms with Crippen molar-refractivity contribution in [3.05, 3.63) is 0 Å². The Kier molecular flexibility index (Phi) is 14.6. The number of unbranched alkanes of at least 4 members (excludes halogenated alkanes) is 5. The Hall–Kier alpha value is 0.0300. The molecule has 0 aromatic carbocycles. The highest BCUT2D eigenvalue weighted by atomic mass is 31.2. The molecule has 0 aromatic rings. The van der Waals surface area contributed by atoms with Crippen LogP contribution in [0.15, 0.2) is 0 Å². The molecule has 0 saturated carbocycles. The van der Waals surface area contributed by atoms with Crippen LogP contribution in [0.3, 0.4) is 0 Å². The van der Waals surface area contributed by atoms with E-state index < -0.39 is 13.9 Å². The molecule has 0 bridgehead atoms. The van der Waals surface area contributed by atoms with Gasteiger partial charge in [0, 0.05) is 6.61 Å². The number of aliphatic hydroxyl groups is 1. The van der Waals surface area contributed by atoms with Crippen LogP contribution in [0.25, 0.3) is 0 Å². The summed E-state index contributed by atoms with van der Waals surface area (Å²) in [6.45, 7) is 6.70. The molecule has 7 heteroatoms. The van der Waals surface area contributed by atoms with Gasteiger partial charge in [0.1, 0.15) is 6.10 Å². The van der Waals surface area contributed by atoms with Crippen molar-refractivity contribution in [3.63, 3.8) is 0 Å². The van der Waals surface area contributed by atoms with Crippen molar-refractivity contribution < 1.29 is 28.0 Å². The predicted octanol–water partition coefficient (Wildman–Crippen LogP) is 3.92. The van der Waals surface area contributed by atoms with Gasteiger partial charge in [-0.25, -0.2) is 4.57 Å². The number of aliphatic hydroxyl groups excluding tert-OH is 1. The molecular weight excluding hydrogens is 307 g/mol. The number of rotatable bonds is 16. The molecule has 0 amide bonds. The van der Waals surface area contributed by atoms with Crippen LogP contribution in [-0.2, 0) is 22.9 Å². The highest BCUT2D eigenvalue weighted by Gasteiger charge is 2.26. The molecule has 134 valence electrons. The third kappa shape index (κ3) is 12.6. The third-order valence-corrected chi connectivity index (χ3v) is 4.57. The van der Waals surface area contributed by atoms with Crippen LogP contribution < -0.4 is 0 Å². The Labute approximate surface area is 135 Å². The molecule has 1 atom stereocenters. The summed E-state index contributed by atoms with van der Waals surface area (Å²) in [6, 6.07) is 0. The Morgan fingerprint density at radius 2 is 1.45 bits per heavy atom. The summed E-state index contributed by atoms with van der Waals surface area (Å²) in [5.41, 5.74) is 0. The second-order valence-corrected chi connectivity index (χ2v) is 6.74. The largest absolute Gasteiger partial charge is 0.474 e. The maximum Gasteiger partial charge on any atom is 0.474 e. The van der Waals surface area contributed by atoms with E-state index in [-0.39, 0.29) is 26.4 Å². The van der Waals surface area contributed by atoms with Crippen molar-refractivity contribution in [1.29, 1.82) is 0 Å². The Balaban J connectivity index is 3.63. The van der Waals surface area contributed by atoms with Gasteiger partial charge in [-0.15, -0.1) is 0 Å². The summed E-state index contributed by atoms with van der Waals surface area (Å²) in [5, 5.41) is 9.74. The van der Waals surface area contributed by atoms with Crippen LogP contribution in [0.1, 0.15) is 59.3 Å². The summed E-state index contributed by atoms with van der Waals surface area (Å²) >= 11 is 0. The second-order valence-electron chi connectivity index (χ2n) is 5.08. The van der Waals surface area contributed by atoms with Crippen molar-refractivity contribution in [1.82, 2.24) is 0 Å². The maximum atomic E-state index is 12.0. The van der Waals surface area contributed by atoms with E-state index in [2.05, 4.69) is 6.92 Å². The zero-order valence-electron chi connectivity index (χ0n) is 14.3. The molecule has 6 nitrogen and oxygen atoms in total. The number of phosphoric ester groups is 1. The molecule has 1 N–H and O–H groups in total. The van der Waals surface area contributed by atoms with E-state index in [1.807, 2.05) is 0 Å². The molecule has 0 rings (SSSR count). The average Bonchev–Trinajstić information content (AvgIpc) is 2.48. The van der Waals surface area contributed by atoms with E-state index in [4.69, 9.17) is 18.3 Å². The molecule has 1 unspecified atom stereocenters. The van der Waals surface area contributed by atoms with E-state index in [9.17, 15) is 9.67 Å².